The van der Waals surface area contributed by atoms with Crippen molar-refractivity contribution in [2.75, 3.05) is 19.6 Å². The van der Waals surface area contributed by atoms with Crippen LogP contribution in [0, 0.1) is 0 Å². The molecule has 0 aromatic carbocycles. The van der Waals surface area contributed by atoms with Crippen molar-refractivity contribution in [1.82, 2.24) is 0 Å². The van der Waals surface area contributed by atoms with Gasteiger partial charge in [-0.2, -0.15) is 0 Å². The molecule has 5 heteroatoms. The fourth-order valence-electron chi connectivity index (χ4n) is 1.29. The molecule has 0 saturated carbocycles. The Morgan fingerprint density at radius 1 is 0.929 bits per heavy atom. The molecule has 0 aliphatic rings. The molecule has 3 nitrogen and oxygen atoms in total. The quantitative estimate of drug-likeness (QED) is 0.386. The fraction of sp³-hybridized carbons (Fsp3) is 1.00. The largest absolute Gasteiger partial charge is 0.454 e. The summed E-state index contributed by atoms with van der Waals surface area (Å²) in [7, 11) is -3.05. The van der Waals surface area contributed by atoms with E-state index < -0.39 is 16.6 Å². The molecule has 0 spiro atoms. The van der Waals surface area contributed by atoms with Crippen molar-refractivity contribution < 1.29 is 13.6 Å². The third-order valence-corrected chi connectivity index (χ3v) is 6.96. The number of ether oxygens (including phenoxy) is 2. The highest BCUT2D eigenvalue weighted by atomic mass is 28.4. The molecular formula is C9H24O3Si2. The lowest BCUT2D eigenvalue weighted by molar-refractivity contribution is -0.0368. The van der Waals surface area contributed by atoms with Crippen LogP contribution in [-0.4, -0.2) is 36.3 Å². The topological polar surface area (TPSA) is 27.7 Å². The van der Waals surface area contributed by atoms with Gasteiger partial charge in [0.1, 0.15) is 6.79 Å². The normalized spacial score (nSPS) is 13.3. The molecule has 0 radical (unpaired) electrons. The molecule has 0 rings (SSSR count). The molecular weight excluding hydrogens is 212 g/mol. The highest BCUT2D eigenvalue weighted by Crippen LogP contribution is 2.14. The molecule has 0 saturated heterocycles. The minimum Gasteiger partial charge on any atom is -0.454 e. The lowest BCUT2D eigenvalue weighted by Crippen LogP contribution is -2.46. The number of hydrogen-bond donors (Lipinski definition) is 0. The molecule has 0 aliphatic carbocycles. The lowest BCUT2D eigenvalue weighted by Gasteiger charge is -2.31. The van der Waals surface area contributed by atoms with Crippen molar-refractivity contribution in [3.8, 4) is 0 Å². The van der Waals surface area contributed by atoms with Gasteiger partial charge in [-0.25, -0.2) is 0 Å². The van der Waals surface area contributed by atoms with Crippen LogP contribution >= 0.6 is 0 Å². The standard InChI is InChI=1S/C9H24O3Si2/c1-7-10-8-11-9-14(5,6)12-13(2,3)4/h7-9H2,1-6H3. The molecule has 0 atom stereocenters. The van der Waals surface area contributed by atoms with Gasteiger partial charge in [0.2, 0.25) is 0 Å². The van der Waals surface area contributed by atoms with Gasteiger partial charge in [0, 0.05) is 6.61 Å². The van der Waals surface area contributed by atoms with Crippen molar-refractivity contribution in [2.24, 2.45) is 0 Å². The first-order valence-electron chi connectivity index (χ1n) is 5.12. The van der Waals surface area contributed by atoms with Gasteiger partial charge in [0.15, 0.2) is 16.6 Å². The minimum absolute atomic E-state index is 0.391. The second-order valence-corrected chi connectivity index (χ2v) is 13.8. The van der Waals surface area contributed by atoms with E-state index in [1.807, 2.05) is 6.92 Å². The zero-order valence-electron chi connectivity index (χ0n) is 10.3. The molecule has 0 aromatic heterocycles. The Kier molecular flexibility index (Phi) is 6.15. The summed E-state index contributed by atoms with van der Waals surface area (Å²) in [5.41, 5.74) is 0. The van der Waals surface area contributed by atoms with Gasteiger partial charge in [0.05, 0.1) is 6.23 Å². The third-order valence-electron chi connectivity index (χ3n) is 1.40. The van der Waals surface area contributed by atoms with Gasteiger partial charge < -0.3 is 13.6 Å². The van der Waals surface area contributed by atoms with Crippen molar-refractivity contribution >= 4 is 16.6 Å². The number of rotatable bonds is 7. The van der Waals surface area contributed by atoms with Crippen LogP contribution in [0.15, 0.2) is 0 Å². The van der Waals surface area contributed by atoms with Crippen LogP contribution in [0.2, 0.25) is 32.7 Å². The SMILES string of the molecule is CCOCOC[Si](C)(C)O[Si](C)(C)C. The van der Waals surface area contributed by atoms with E-state index in [-0.39, 0.29) is 0 Å². The highest BCUT2D eigenvalue weighted by Gasteiger charge is 2.29. The summed E-state index contributed by atoms with van der Waals surface area (Å²) in [6.07, 6.45) is 0.720. The van der Waals surface area contributed by atoms with Crippen LogP contribution in [0.1, 0.15) is 6.92 Å². The summed E-state index contributed by atoms with van der Waals surface area (Å²) in [6.45, 7) is 14.1. The second kappa shape index (κ2) is 6.02. The van der Waals surface area contributed by atoms with E-state index in [0.29, 0.717) is 13.4 Å². The van der Waals surface area contributed by atoms with Gasteiger partial charge in [-0.3, -0.25) is 0 Å². The molecule has 0 unspecified atom stereocenters. The van der Waals surface area contributed by atoms with Crippen LogP contribution in [0.5, 0.6) is 0 Å². The van der Waals surface area contributed by atoms with E-state index in [4.69, 9.17) is 13.6 Å². The summed E-state index contributed by atoms with van der Waals surface area (Å²) in [4.78, 5) is 0. The van der Waals surface area contributed by atoms with E-state index >= 15 is 0 Å². The molecule has 86 valence electrons. The average Bonchev–Trinajstić information content (AvgIpc) is 1.93. The molecule has 0 N–H and O–H groups in total. The molecule has 0 heterocycles. The van der Waals surface area contributed by atoms with E-state index in [1.54, 1.807) is 0 Å². The van der Waals surface area contributed by atoms with Crippen LogP contribution < -0.4 is 0 Å². The minimum atomic E-state index is -1.63. The van der Waals surface area contributed by atoms with Gasteiger partial charge in [-0.1, -0.05) is 0 Å². The average molecular weight is 236 g/mol. The zero-order chi connectivity index (χ0) is 11.2. The first-order valence-corrected chi connectivity index (χ1v) is 11.6. The lowest BCUT2D eigenvalue weighted by atomic mass is 10.9. The molecule has 0 aromatic rings. The van der Waals surface area contributed by atoms with E-state index in [1.165, 1.54) is 0 Å². The Labute approximate surface area is 90.0 Å². The number of hydrogen-bond acceptors (Lipinski definition) is 3. The molecule has 14 heavy (non-hydrogen) atoms. The first-order chi connectivity index (χ1) is 6.27. The van der Waals surface area contributed by atoms with Gasteiger partial charge in [-0.15, -0.1) is 0 Å². The summed E-state index contributed by atoms with van der Waals surface area (Å²) < 4.78 is 16.6. The maximum Gasteiger partial charge on any atom is 0.199 e. The Balaban J connectivity index is 3.72. The molecule has 0 aliphatic heterocycles. The van der Waals surface area contributed by atoms with Gasteiger partial charge in [0.25, 0.3) is 0 Å². The second-order valence-electron chi connectivity index (χ2n) is 4.93. The zero-order valence-corrected chi connectivity index (χ0v) is 12.3. The molecule has 0 bridgehead atoms. The van der Waals surface area contributed by atoms with Crippen LogP contribution in [-0.2, 0) is 13.6 Å². The Bertz CT molecular complexity index is 155. The van der Waals surface area contributed by atoms with Crippen LogP contribution in [0.4, 0.5) is 0 Å². The smallest absolute Gasteiger partial charge is 0.199 e. The predicted molar refractivity (Wildman–Crippen MR) is 64.4 cm³/mol. The summed E-state index contributed by atoms with van der Waals surface area (Å²) in [6, 6.07) is 0. The maximum absolute atomic E-state index is 6.10. The monoisotopic (exact) mass is 236 g/mol. The summed E-state index contributed by atoms with van der Waals surface area (Å²) >= 11 is 0. The Morgan fingerprint density at radius 3 is 1.93 bits per heavy atom. The molecule has 0 amide bonds. The van der Waals surface area contributed by atoms with E-state index in [9.17, 15) is 0 Å². The van der Waals surface area contributed by atoms with Crippen LogP contribution in [0.25, 0.3) is 0 Å². The Hall–Kier alpha value is 0.314. The van der Waals surface area contributed by atoms with Crippen molar-refractivity contribution in [3.63, 3.8) is 0 Å². The highest BCUT2D eigenvalue weighted by molar-refractivity contribution is 6.84. The van der Waals surface area contributed by atoms with E-state index in [0.717, 1.165) is 6.23 Å². The summed E-state index contributed by atoms with van der Waals surface area (Å²) in [5.74, 6) is 0. The van der Waals surface area contributed by atoms with Gasteiger partial charge in [-0.05, 0) is 39.7 Å². The van der Waals surface area contributed by atoms with Crippen molar-refractivity contribution in [2.45, 2.75) is 39.7 Å². The van der Waals surface area contributed by atoms with Crippen molar-refractivity contribution in [1.29, 1.82) is 0 Å². The summed E-state index contributed by atoms with van der Waals surface area (Å²) in [5, 5.41) is 0. The predicted octanol–water partition coefficient (Wildman–Crippen LogP) is 2.59. The van der Waals surface area contributed by atoms with Gasteiger partial charge >= 0.3 is 0 Å². The Morgan fingerprint density at radius 2 is 1.50 bits per heavy atom. The first kappa shape index (κ1) is 14.3. The van der Waals surface area contributed by atoms with Crippen molar-refractivity contribution in [3.05, 3.63) is 0 Å². The fourth-order valence-corrected chi connectivity index (χ4v) is 8.73. The maximum atomic E-state index is 6.10. The third kappa shape index (κ3) is 8.89. The molecule has 0 fully saturated rings. The van der Waals surface area contributed by atoms with E-state index in [2.05, 4.69) is 32.7 Å². The van der Waals surface area contributed by atoms with Crippen LogP contribution in [0.3, 0.4) is 0 Å².